The lowest BCUT2D eigenvalue weighted by molar-refractivity contribution is -0.0383. The van der Waals surface area contributed by atoms with Gasteiger partial charge in [0.15, 0.2) is 5.78 Å². The number of ether oxygens (including phenoxy) is 1. The van der Waals surface area contributed by atoms with Crippen LogP contribution in [0.15, 0.2) is 18.2 Å². The SMILES string of the molecule is COC1(C(=O)c2ccc(F)c(C)c2)CCC(C)(C)CC1. The minimum Gasteiger partial charge on any atom is -0.370 e. The first-order valence-electron chi connectivity index (χ1n) is 7.16. The van der Waals surface area contributed by atoms with Crippen LogP contribution < -0.4 is 0 Å². The molecule has 0 atom stereocenters. The summed E-state index contributed by atoms with van der Waals surface area (Å²) in [5, 5.41) is 0. The van der Waals surface area contributed by atoms with E-state index in [4.69, 9.17) is 4.74 Å². The largest absolute Gasteiger partial charge is 0.370 e. The fourth-order valence-corrected chi connectivity index (χ4v) is 2.90. The molecule has 110 valence electrons. The van der Waals surface area contributed by atoms with Gasteiger partial charge in [0.1, 0.15) is 11.4 Å². The van der Waals surface area contributed by atoms with Crippen LogP contribution in [0.1, 0.15) is 55.5 Å². The Labute approximate surface area is 120 Å². The molecule has 1 aromatic rings. The number of hydrogen-bond acceptors (Lipinski definition) is 2. The second-order valence-electron chi connectivity index (χ2n) is 6.66. The first kappa shape index (κ1) is 15.2. The maximum Gasteiger partial charge on any atom is 0.194 e. The summed E-state index contributed by atoms with van der Waals surface area (Å²) in [4.78, 5) is 12.8. The van der Waals surface area contributed by atoms with Crippen molar-refractivity contribution >= 4 is 5.78 Å². The second kappa shape index (κ2) is 5.28. The molecule has 1 aliphatic carbocycles. The number of methoxy groups -OCH3 is 1. The Bertz CT molecular complexity index is 510. The van der Waals surface area contributed by atoms with Crippen LogP contribution in [0, 0.1) is 18.2 Å². The van der Waals surface area contributed by atoms with Crippen LogP contribution in [-0.2, 0) is 4.74 Å². The smallest absolute Gasteiger partial charge is 0.194 e. The van der Waals surface area contributed by atoms with Gasteiger partial charge < -0.3 is 4.74 Å². The van der Waals surface area contributed by atoms with Crippen LogP contribution in [0.4, 0.5) is 4.39 Å². The molecule has 2 nitrogen and oxygen atoms in total. The highest BCUT2D eigenvalue weighted by molar-refractivity contribution is 6.02. The minimum absolute atomic E-state index is 0.0152. The molecule has 0 bridgehead atoms. The number of carbonyl (C=O) groups excluding carboxylic acids is 1. The van der Waals surface area contributed by atoms with E-state index in [0.29, 0.717) is 11.1 Å². The molecule has 0 aliphatic heterocycles. The number of hydrogen-bond donors (Lipinski definition) is 0. The standard InChI is InChI=1S/C17H23FO2/c1-12-11-13(5-6-14(12)18)15(19)17(20-4)9-7-16(2,3)8-10-17/h5-6,11H,7-10H2,1-4H3. The van der Waals surface area contributed by atoms with Crippen molar-refractivity contribution in [2.75, 3.05) is 7.11 Å². The molecule has 2 rings (SSSR count). The maximum atomic E-state index is 13.3. The molecular formula is C17H23FO2. The summed E-state index contributed by atoms with van der Waals surface area (Å²) < 4.78 is 19.0. The topological polar surface area (TPSA) is 26.3 Å². The summed E-state index contributed by atoms with van der Waals surface area (Å²) in [5.74, 6) is -0.295. The number of benzene rings is 1. The second-order valence-corrected chi connectivity index (χ2v) is 6.66. The molecule has 3 heteroatoms. The Hall–Kier alpha value is -1.22. The van der Waals surface area contributed by atoms with Crippen LogP contribution >= 0.6 is 0 Å². The van der Waals surface area contributed by atoms with Gasteiger partial charge in [0.25, 0.3) is 0 Å². The Morgan fingerprint density at radius 3 is 2.30 bits per heavy atom. The van der Waals surface area contributed by atoms with Gasteiger partial charge in [0.05, 0.1) is 0 Å². The van der Waals surface area contributed by atoms with E-state index in [0.717, 1.165) is 25.7 Å². The first-order chi connectivity index (χ1) is 9.30. The average molecular weight is 278 g/mol. The van der Waals surface area contributed by atoms with Crippen LogP contribution in [0.25, 0.3) is 0 Å². The van der Waals surface area contributed by atoms with E-state index in [1.54, 1.807) is 26.2 Å². The monoisotopic (exact) mass is 278 g/mol. The normalized spacial score (nSPS) is 20.6. The predicted molar refractivity (Wildman–Crippen MR) is 77.5 cm³/mol. The zero-order valence-corrected chi connectivity index (χ0v) is 12.8. The van der Waals surface area contributed by atoms with Gasteiger partial charge in [-0.1, -0.05) is 13.8 Å². The van der Waals surface area contributed by atoms with Gasteiger partial charge in [-0.15, -0.1) is 0 Å². The lowest BCUT2D eigenvalue weighted by atomic mass is 9.68. The van der Waals surface area contributed by atoms with Crippen LogP contribution in [0.3, 0.4) is 0 Å². The van der Waals surface area contributed by atoms with E-state index in [-0.39, 0.29) is 17.0 Å². The van der Waals surface area contributed by atoms with Gasteiger partial charge in [-0.3, -0.25) is 4.79 Å². The van der Waals surface area contributed by atoms with E-state index in [9.17, 15) is 9.18 Å². The number of carbonyl (C=O) groups is 1. The van der Waals surface area contributed by atoms with Crippen molar-refractivity contribution in [3.8, 4) is 0 Å². The van der Waals surface area contributed by atoms with E-state index in [1.807, 2.05) is 0 Å². The Morgan fingerprint density at radius 2 is 1.80 bits per heavy atom. The van der Waals surface area contributed by atoms with Crippen LogP contribution in [0.2, 0.25) is 0 Å². The third-order valence-electron chi connectivity index (χ3n) is 4.64. The van der Waals surface area contributed by atoms with Gasteiger partial charge in [-0.05, 0) is 61.8 Å². The summed E-state index contributed by atoms with van der Waals surface area (Å²) in [6.07, 6.45) is 3.39. The minimum atomic E-state index is -0.736. The Kier molecular flexibility index (Phi) is 4.01. The number of ketones is 1. The Morgan fingerprint density at radius 1 is 1.20 bits per heavy atom. The zero-order chi connectivity index (χ0) is 15.0. The lowest BCUT2D eigenvalue weighted by Crippen LogP contribution is -2.45. The molecule has 0 spiro atoms. The third-order valence-corrected chi connectivity index (χ3v) is 4.64. The lowest BCUT2D eigenvalue weighted by Gasteiger charge is -2.41. The van der Waals surface area contributed by atoms with Crippen LogP contribution in [-0.4, -0.2) is 18.5 Å². The van der Waals surface area contributed by atoms with E-state index < -0.39 is 5.60 Å². The third kappa shape index (κ3) is 2.78. The number of halogens is 1. The number of aryl methyl sites for hydroxylation is 1. The molecule has 0 radical (unpaired) electrons. The summed E-state index contributed by atoms with van der Waals surface area (Å²) in [7, 11) is 1.60. The summed E-state index contributed by atoms with van der Waals surface area (Å²) in [6.45, 7) is 6.12. The summed E-state index contributed by atoms with van der Waals surface area (Å²) >= 11 is 0. The summed E-state index contributed by atoms with van der Waals surface area (Å²) in [6, 6.07) is 4.54. The van der Waals surface area contributed by atoms with Gasteiger partial charge >= 0.3 is 0 Å². The number of rotatable bonds is 3. The quantitative estimate of drug-likeness (QED) is 0.770. The van der Waals surface area contributed by atoms with Gasteiger partial charge in [-0.2, -0.15) is 0 Å². The van der Waals surface area contributed by atoms with Crippen molar-refractivity contribution in [2.24, 2.45) is 5.41 Å². The van der Waals surface area contributed by atoms with Crippen molar-refractivity contribution in [1.82, 2.24) is 0 Å². The molecule has 0 aromatic heterocycles. The highest BCUT2D eigenvalue weighted by atomic mass is 19.1. The van der Waals surface area contributed by atoms with E-state index in [2.05, 4.69) is 13.8 Å². The maximum absolute atomic E-state index is 13.3. The first-order valence-corrected chi connectivity index (χ1v) is 7.16. The fraction of sp³-hybridized carbons (Fsp3) is 0.588. The molecule has 0 saturated heterocycles. The fourth-order valence-electron chi connectivity index (χ4n) is 2.90. The molecule has 20 heavy (non-hydrogen) atoms. The van der Waals surface area contributed by atoms with Crippen molar-refractivity contribution in [2.45, 2.75) is 52.1 Å². The van der Waals surface area contributed by atoms with Crippen molar-refractivity contribution in [3.63, 3.8) is 0 Å². The Balaban J connectivity index is 2.27. The zero-order valence-electron chi connectivity index (χ0n) is 12.8. The van der Waals surface area contributed by atoms with Crippen LogP contribution in [0.5, 0.6) is 0 Å². The van der Waals surface area contributed by atoms with Gasteiger partial charge in [-0.25, -0.2) is 4.39 Å². The van der Waals surface area contributed by atoms with E-state index >= 15 is 0 Å². The molecular weight excluding hydrogens is 255 g/mol. The summed E-state index contributed by atoms with van der Waals surface area (Å²) in [5.41, 5.74) is 0.574. The van der Waals surface area contributed by atoms with Crippen molar-refractivity contribution < 1.29 is 13.9 Å². The van der Waals surface area contributed by atoms with E-state index in [1.165, 1.54) is 6.07 Å². The average Bonchev–Trinajstić information content (AvgIpc) is 2.42. The predicted octanol–water partition coefficient (Wildman–Crippen LogP) is 4.30. The molecule has 1 fully saturated rings. The molecule has 0 unspecified atom stereocenters. The van der Waals surface area contributed by atoms with Gasteiger partial charge in [0.2, 0.25) is 0 Å². The van der Waals surface area contributed by atoms with Gasteiger partial charge in [0, 0.05) is 12.7 Å². The number of Topliss-reactive ketones (excluding diaryl/α,β-unsaturated/α-hetero) is 1. The molecule has 0 amide bonds. The van der Waals surface area contributed by atoms with Crippen molar-refractivity contribution in [3.05, 3.63) is 35.1 Å². The van der Waals surface area contributed by atoms with Crippen molar-refractivity contribution in [1.29, 1.82) is 0 Å². The molecule has 1 aliphatic rings. The molecule has 1 saturated carbocycles. The molecule has 0 N–H and O–H groups in total. The highest BCUT2D eigenvalue weighted by Crippen LogP contribution is 2.43. The molecule has 0 heterocycles. The highest BCUT2D eigenvalue weighted by Gasteiger charge is 2.44. The molecule has 1 aromatic carbocycles.